The molecule has 3 rings (SSSR count). The van der Waals surface area contributed by atoms with Crippen LogP contribution in [0.25, 0.3) is 0 Å². The zero-order valence-electron chi connectivity index (χ0n) is 9.13. The number of aliphatic imine (C=N–C) groups is 1. The number of nitrogens with zero attached hydrogens (tertiary/aromatic N) is 1. The van der Waals surface area contributed by atoms with Crippen molar-refractivity contribution in [3.05, 3.63) is 54.1 Å². The second kappa shape index (κ2) is 3.87. The van der Waals surface area contributed by atoms with Gasteiger partial charge in [-0.25, -0.2) is 0 Å². The predicted octanol–water partition coefficient (Wildman–Crippen LogP) is 3.32. The molecule has 2 atom stereocenters. The Balaban J connectivity index is 2.23. The highest BCUT2D eigenvalue weighted by atomic mass is 32.2. The number of fused-ring (bicyclic) bond motifs is 2. The lowest BCUT2D eigenvalue weighted by Gasteiger charge is -2.15. The second-order valence-corrected chi connectivity index (χ2v) is 5.94. The van der Waals surface area contributed by atoms with Crippen LogP contribution in [0.3, 0.4) is 0 Å². The summed E-state index contributed by atoms with van der Waals surface area (Å²) in [6.07, 6.45) is 10.9. The van der Waals surface area contributed by atoms with Gasteiger partial charge in [-0.05, 0) is 23.8 Å². The Morgan fingerprint density at radius 3 is 3.00 bits per heavy atom. The summed E-state index contributed by atoms with van der Waals surface area (Å²) >= 11 is 0. The molecule has 2 unspecified atom stereocenters. The minimum atomic E-state index is 0.221. The minimum absolute atomic E-state index is 0.221. The van der Waals surface area contributed by atoms with Crippen molar-refractivity contribution in [2.45, 2.75) is 5.25 Å². The van der Waals surface area contributed by atoms with E-state index in [2.05, 4.69) is 54.1 Å². The lowest BCUT2D eigenvalue weighted by molar-refractivity contribution is 1.41. The number of hydrogen-bond donors (Lipinski definition) is 0. The van der Waals surface area contributed by atoms with Crippen LogP contribution in [0.1, 0.15) is 5.56 Å². The maximum Gasteiger partial charge on any atom is 0.0710 e. The maximum absolute atomic E-state index is 4.77. The van der Waals surface area contributed by atoms with Crippen LogP contribution in [0.2, 0.25) is 0 Å². The molecule has 0 saturated carbocycles. The molecule has 0 N–H and O–H groups in total. The molecule has 1 nitrogen and oxygen atoms in total. The molecule has 0 spiro atoms. The smallest absolute Gasteiger partial charge is 0.0710 e. The normalized spacial score (nSPS) is 26.2. The van der Waals surface area contributed by atoms with Gasteiger partial charge in [-0.2, -0.15) is 10.5 Å². The van der Waals surface area contributed by atoms with Gasteiger partial charge in [-0.1, -0.05) is 36.4 Å². The number of allylic oxidation sites excluding steroid dienone is 3. The van der Waals surface area contributed by atoms with E-state index in [4.69, 9.17) is 4.99 Å². The molecule has 1 aliphatic carbocycles. The van der Waals surface area contributed by atoms with Gasteiger partial charge in [0, 0.05) is 5.56 Å². The average Bonchev–Trinajstić information content (AvgIpc) is 2.45. The Hall–Kier alpha value is -1.41. The van der Waals surface area contributed by atoms with Gasteiger partial charge < -0.3 is 0 Å². The van der Waals surface area contributed by atoms with Crippen LogP contribution in [0.5, 0.6) is 0 Å². The van der Waals surface area contributed by atoms with Crippen molar-refractivity contribution in [3.8, 4) is 0 Å². The van der Waals surface area contributed by atoms with E-state index in [0.717, 1.165) is 5.69 Å². The topological polar surface area (TPSA) is 12.4 Å². The fourth-order valence-electron chi connectivity index (χ4n) is 2.03. The molecule has 1 heterocycles. The van der Waals surface area contributed by atoms with Crippen molar-refractivity contribution in [1.29, 1.82) is 0 Å². The summed E-state index contributed by atoms with van der Waals surface area (Å²) in [6, 6.07) is 8.36. The molecule has 16 heavy (non-hydrogen) atoms. The van der Waals surface area contributed by atoms with Crippen LogP contribution in [0.15, 0.2) is 53.6 Å². The standard InChI is InChI=1S/C14H13NS/c1-16-10-11-6-2-3-7-12(11)15-13-8-4-5-9-14(13)16/h2-10,14H,1H3. The Morgan fingerprint density at radius 2 is 2.06 bits per heavy atom. The molecule has 0 amide bonds. The summed E-state index contributed by atoms with van der Waals surface area (Å²) in [4.78, 5) is 4.77. The molecular formula is C14H13NS. The largest absolute Gasteiger partial charge is 0.251 e. The first kappa shape index (κ1) is 9.79. The summed E-state index contributed by atoms with van der Waals surface area (Å²) in [5.41, 5.74) is 3.55. The van der Waals surface area contributed by atoms with Crippen molar-refractivity contribution in [2.75, 3.05) is 6.26 Å². The number of hydrogen-bond acceptors (Lipinski definition) is 1. The quantitative estimate of drug-likeness (QED) is 0.603. The van der Waals surface area contributed by atoms with Crippen LogP contribution in [-0.2, 0) is 0 Å². The van der Waals surface area contributed by atoms with E-state index in [-0.39, 0.29) is 10.5 Å². The highest BCUT2D eigenvalue weighted by molar-refractivity contribution is 8.15. The van der Waals surface area contributed by atoms with Crippen molar-refractivity contribution >= 4 is 27.3 Å². The van der Waals surface area contributed by atoms with Crippen LogP contribution >= 0.6 is 10.5 Å². The number of rotatable bonds is 0. The average molecular weight is 227 g/mol. The molecule has 0 fully saturated rings. The predicted molar refractivity (Wildman–Crippen MR) is 74.3 cm³/mol. The lowest BCUT2D eigenvalue weighted by Crippen LogP contribution is -2.15. The third kappa shape index (κ3) is 1.59. The molecule has 0 saturated heterocycles. The molecule has 0 aromatic heterocycles. The van der Waals surface area contributed by atoms with Gasteiger partial charge in [-0.15, -0.1) is 0 Å². The number of benzene rings is 1. The molecule has 2 aliphatic rings. The van der Waals surface area contributed by atoms with Gasteiger partial charge in [0.15, 0.2) is 0 Å². The van der Waals surface area contributed by atoms with Crippen molar-refractivity contribution in [1.82, 2.24) is 0 Å². The highest BCUT2D eigenvalue weighted by Crippen LogP contribution is 2.31. The summed E-state index contributed by atoms with van der Waals surface area (Å²) in [5, 5.41) is 2.80. The fraction of sp³-hybridized carbons (Fsp3) is 0.143. The zero-order valence-corrected chi connectivity index (χ0v) is 9.95. The van der Waals surface area contributed by atoms with Gasteiger partial charge >= 0.3 is 0 Å². The third-order valence-corrected chi connectivity index (χ3v) is 4.68. The van der Waals surface area contributed by atoms with Crippen LogP contribution in [-0.4, -0.2) is 22.6 Å². The first-order valence-electron chi connectivity index (χ1n) is 5.35. The van der Waals surface area contributed by atoms with Crippen LogP contribution in [0.4, 0.5) is 5.69 Å². The summed E-state index contributed by atoms with van der Waals surface area (Å²) < 4.78 is 0. The van der Waals surface area contributed by atoms with Crippen molar-refractivity contribution in [3.63, 3.8) is 0 Å². The van der Waals surface area contributed by atoms with Crippen molar-refractivity contribution in [2.24, 2.45) is 4.99 Å². The fourth-order valence-corrected chi connectivity index (χ4v) is 3.63. The minimum Gasteiger partial charge on any atom is -0.251 e. The molecule has 2 heteroatoms. The van der Waals surface area contributed by atoms with Gasteiger partial charge in [0.2, 0.25) is 0 Å². The summed E-state index contributed by atoms with van der Waals surface area (Å²) in [6.45, 7) is 0. The second-order valence-electron chi connectivity index (χ2n) is 3.99. The van der Waals surface area contributed by atoms with E-state index < -0.39 is 0 Å². The molecule has 80 valence electrons. The monoisotopic (exact) mass is 227 g/mol. The lowest BCUT2D eigenvalue weighted by atomic mass is 10.1. The first-order valence-corrected chi connectivity index (χ1v) is 7.11. The molecule has 1 aromatic carbocycles. The first-order chi connectivity index (χ1) is 7.84. The third-order valence-electron chi connectivity index (χ3n) is 2.86. The molecule has 1 aliphatic heterocycles. The van der Waals surface area contributed by atoms with Gasteiger partial charge in [0.25, 0.3) is 0 Å². The molecule has 1 aromatic rings. The van der Waals surface area contributed by atoms with E-state index >= 15 is 0 Å². The van der Waals surface area contributed by atoms with E-state index in [1.165, 1.54) is 11.3 Å². The van der Waals surface area contributed by atoms with E-state index in [9.17, 15) is 0 Å². The summed E-state index contributed by atoms with van der Waals surface area (Å²) in [7, 11) is 0.221. The SMILES string of the molecule is CS1=Cc2ccccc2N=C2C=CC=CC21. The molecule has 0 radical (unpaired) electrons. The Bertz CT molecular complexity index is 550. The van der Waals surface area contributed by atoms with Crippen LogP contribution in [0, 0.1) is 0 Å². The Labute approximate surface area is 98.2 Å². The zero-order chi connectivity index (χ0) is 11.0. The summed E-state index contributed by atoms with van der Waals surface area (Å²) in [5.74, 6) is 0. The van der Waals surface area contributed by atoms with Crippen molar-refractivity contribution < 1.29 is 0 Å². The van der Waals surface area contributed by atoms with Crippen LogP contribution < -0.4 is 0 Å². The highest BCUT2D eigenvalue weighted by Gasteiger charge is 2.17. The van der Waals surface area contributed by atoms with Gasteiger partial charge in [0.05, 0.1) is 16.6 Å². The Morgan fingerprint density at radius 1 is 1.19 bits per heavy atom. The number of para-hydroxylation sites is 1. The van der Waals surface area contributed by atoms with Gasteiger partial charge in [-0.3, -0.25) is 4.99 Å². The van der Waals surface area contributed by atoms with Gasteiger partial charge in [0.1, 0.15) is 0 Å². The Kier molecular flexibility index (Phi) is 2.37. The molecule has 0 bridgehead atoms. The maximum atomic E-state index is 4.77. The van der Waals surface area contributed by atoms with E-state index in [1.54, 1.807) is 0 Å². The van der Waals surface area contributed by atoms with E-state index in [0.29, 0.717) is 5.25 Å². The van der Waals surface area contributed by atoms with E-state index in [1.807, 2.05) is 6.07 Å². The molecular weight excluding hydrogens is 214 g/mol.